The number of aryl methyl sites for hydroxylation is 1. The van der Waals surface area contributed by atoms with E-state index < -0.39 is 12.1 Å². The van der Waals surface area contributed by atoms with E-state index in [-0.39, 0.29) is 23.4 Å². The van der Waals surface area contributed by atoms with Crippen molar-refractivity contribution in [2.24, 2.45) is 7.05 Å². The number of ketones is 1. The minimum Gasteiger partial charge on any atom is -0.448 e. The molecule has 1 unspecified atom stereocenters. The van der Waals surface area contributed by atoms with Crippen molar-refractivity contribution in [3.8, 4) is 0 Å². The molecule has 6 heteroatoms. The van der Waals surface area contributed by atoms with Crippen molar-refractivity contribution >= 4 is 17.7 Å². The van der Waals surface area contributed by atoms with Crippen LogP contribution in [0.1, 0.15) is 60.4 Å². The van der Waals surface area contributed by atoms with E-state index in [2.05, 4.69) is 5.32 Å². The Kier molecular flexibility index (Phi) is 5.00. The maximum atomic E-state index is 12.1. The topological polar surface area (TPSA) is 77.4 Å². The number of Topliss-reactive ketones (excluding diaryl/α,β-unsaturated/α-hetero) is 1. The molecule has 22 heavy (non-hydrogen) atoms. The lowest BCUT2D eigenvalue weighted by molar-refractivity contribution is -0.129. The van der Waals surface area contributed by atoms with Gasteiger partial charge in [0.25, 0.3) is 5.91 Å². The fourth-order valence-corrected chi connectivity index (χ4v) is 2.62. The highest BCUT2D eigenvalue weighted by Gasteiger charge is 2.24. The van der Waals surface area contributed by atoms with Crippen molar-refractivity contribution in [2.45, 2.75) is 51.7 Å². The van der Waals surface area contributed by atoms with Crippen molar-refractivity contribution in [3.05, 3.63) is 23.5 Å². The van der Waals surface area contributed by atoms with E-state index in [1.54, 1.807) is 20.2 Å². The minimum absolute atomic E-state index is 0.123. The number of carbonyl (C=O) groups is 3. The van der Waals surface area contributed by atoms with Crippen LogP contribution in [0, 0.1) is 0 Å². The predicted molar refractivity (Wildman–Crippen MR) is 80.7 cm³/mol. The SMILES string of the molecule is CC(=O)c1cc(C(=O)OC(C)C(=O)NC2CCCC2)n(C)c1. The van der Waals surface area contributed by atoms with Crippen LogP contribution >= 0.6 is 0 Å². The van der Waals surface area contributed by atoms with E-state index in [9.17, 15) is 14.4 Å². The number of carbonyl (C=O) groups excluding carboxylic acids is 3. The molecule has 0 spiro atoms. The van der Waals surface area contributed by atoms with Crippen LogP contribution in [0.5, 0.6) is 0 Å². The first kappa shape index (κ1) is 16.3. The van der Waals surface area contributed by atoms with Gasteiger partial charge in [-0.3, -0.25) is 9.59 Å². The fourth-order valence-electron chi connectivity index (χ4n) is 2.62. The van der Waals surface area contributed by atoms with Crippen molar-refractivity contribution in [2.75, 3.05) is 0 Å². The number of amides is 1. The van der Waals surface area contributed by atoms with Crippen LogP contribution in [0.2, 0.25) is 0 Å². The van der Waals surface area contributed by atoms with E-state index in [0.29, 0.717) is 5.56 Å². The van der Waals surface area contributed by atoms with Gasteiger partial charge in [0.05, 0.1) is 0 Å². The molecule has 1 N–H and O–H groups in total. The number of esters is 1. The summed E-state index contributed by atoms with van der Waals surface area (Å²) in [7, 11) is 1.66. The summed E-state index contributed by atoms with van der Waals surface area (Å²) in [6.07, 6.45) is 4.91. The van der Waals surface area contributed by atoms with Crippen LogP contribution in [0.15, 0.2) is 12.3 Å². The van der Waals surface area contributed by atoms with Gasteiger partial charge in [-0.2, -0.15) is 0 Å². The molecule has 1 heterocycles. The molecule has 1 fully saturated rings. The van der Waals surface area contributed by atoms with E-state index in [1.807, 2.05) is 0 Å². The fraction of sp³-hybridized carbons (Fsp3) is 0.562. The Morgan fingerprint density at radius 3 is 2.50 bits per heavy atom. The summed E-state index contributed by atoms with van der Waals surface area (Å²) in [5.41, 5.74) is 0.697. The van der Waals surface area contributed by atoms with Gasteiger partial charge in [0.15, 0.2) is 11.9 Å². The zero-order chi connectivity index (χ0) is 16.3. The third-order valence-corrected chi connectivity index (χ3v) is 3.98. The molecule has 1 amide bonds. The van der Waals surface area contributed by atoms with Crippen LogP contribution in [-0.2, 0) is 16.6 Å². The van der Waals surface area contributed by atoms with Gasteiger partial charge >= 0.3 is 5.97 Å². The molecule has 1 aliphatic carbocycles. The largest absolute Gasteiger partial charge is 0.448 e. The van der Waals surface area contributed by atoms with Crippen molar-refractivity contribution in [3.63, 3.8) is 0 Å². The van der Waals surface area contributed by atoms with Gasteiger partial charge in [0, 0.05) is 24.8 Å². The van der Waals surface area contributed by atoms with E-state index in [1.165, 1.54) is 17.6 Å². The van der Waals surface area contributed by atoms with Crippen molar-refractivity contribution < 1.29 is 19.1 Å². The highest BCUT2D eigenvalue weighted by molar-refractivity contribution is 5.98. The number of hydrogen-bond acceptors (Lipinski definition) is 4. The minimum atomic E-state index is -0.858. The second kappa shape index (κ2) is 6.77. The van der Waals surface area contributed by atoms with Crippen LogP contribution in [0.3, 0.4) is 0 Å². The van der Waals surface area contributed by atoms with Crippen molar-refractivity contribution in [1.82, 2.24) is 9.88 Å². The molecular weight excluding hydrogens is 284 g/mol. The first-order valence-corrected chi connectivity index (χ1v) is 7.57. The van der Waals surface area contributed by atoms with Gasteiger partial charge in [-0.25, -0.2) is 4.79 Å². The number of hydrogen-bond donors (Lipinski definition) is 1. The molecule has 0 aliphatic heterocycles. The number of nitrogens with one attached hydrogen (secondary N) is 1. The van der Waals surface area contributed by atoms with E-state index in [4.69, 9.17) is 4.74 Å². The maximum Gasteiger partial charge on any atom is 0.355 e. The summed E-state index contributed by atoms with van der Waals surface area (Å²) >= 11 is 0. The van der Waals surface area contributed by atoms with Crippen LogP contribution < -0.4 is 5.32 Å². The summed E-state index contributed by atoms with van der Waals surface area (Å²) in [5.74, 6) is -1.01. The molecule has 1 aromatic rings. The monoisotopic (exact) mass is 306 g/mol. The Balaban J connectivity index is 1.95. The Labute approximate surface area is 129 Å². The van der Waals surface area contributed by atoms with Crippen LogP contribution in [0.25, 0.3) is 0 Å². The molecule has 0 bridgehead atoms. The molecule has 2 rings (SSSR count). The van der Waals surface area contributed by atoms with Crippen molar-refractivity contribution in [1.29, 1.82) is 0 Å². The molecule has 6 nitrogen and oxygen atoms in total. The Hall–Kier alpha value is -2.11. The third-order valence-electron chi connectivity index (χ3n) is 3.98. The summed E-state index contributed by atoms with van der Waals surface area (Å²) in [5, 5.41) is 2.90. The zero-order valence-corrected chi connectivity index (χ0v) is 13.2. The number of nitrogens with zero attached hydrogens (tertiary/aromatic N) is 1. The molecule has 1 atom stereocenters. The van der Waals surface area contributed by atoms with Gasteiger partial charge in [-0.05, 0) is 32.8 Å². The molecule has 1 aliphatic rings. The van der Waals surface area contributed by atoms with Gasteiger partial charge < -0.3 is 14.6 Å². The van der Waals surface area contributed by atoms with Gasteiger partial charge in [0.2, 0.25) is 0 Å². The summed E-state index contributed by atoms with van der Waals surface area (Å²) in [6.45, 7) is 2.99. The average Bonchev–Trinajstić information content (AvgIpc) is 3.07. The highest BCUT2D eigenvalue weighted by atomic mass is 16.5. The smallest absolute Gasteiger partial charge is 0.355 e. The molecular formula is C16H22N2O4. The lowest BCUT2D eigenvalue weighted by Gasteiger charge is -2.17. The first-order valence-electron chi connectivity index (χ1n) is 7.57. The van der Waals surface area contributed by atoms with E-state index in [0.717, 1.165) is 25.7 Å². The normalized spacial score (nSPS) is 16.3. The standard InChI is InChI=1S/C16H22N2O4/c1-10(19)12-8-14(18(3)9-12)16(21)22-11(2)15(20)17-13-6-4-5-7-13/h8-9,11,13H,4-7H2,1-3H3,(H,17,20). The summed E-state index contributed by atoms with van der Waals surface area (Å²) in [4.78, 5) is 35.5. The molecule has 120 valence electrons. The van der Waals surface area contributed by atoms with Crippen LogP contribution in [0.4, 0.5) is 0 Å². The second-order valence-corrected chi connectivity index (χ2v) is 5.82. The maximum absolute atomic E-state index is 12.1. The average molecular weight is 306 g/mol. The Morgan fingerprint density at radius 2 is 1.95 bits per heavy atom. The van der Waals surface area contributed by atoms with Gasteiger partial charge in [-0.15, -0.1) is 0 Å². The summed E-state index contributed by atoms with van der Waals surface area (Å²) in [6, 6.07) is 1.67. The summed E-state index contributed by atoms with van der Waals surface area (Å²) < 4.78 is 6.73. The Morgan fingerprint density at radius 1 is 1.32 bits per heavy atom. The van der Waals surface area contributed by atoms with E-state index >= 15 is 0 Å². The molecule has 1 saturated carbocycles. The number of aromatic nitrogens is 1. The predicted octanol–water partition coefficient (Wildman–Crippen LogP) is 1.83. The first-order chi connectivity index (χ1) is 10.4. The van der Waals surface area contributed by atoms with Crippen LogP contribution in [-0.4, -0.2) is 34.4 Å². The van der Waals surface area contributed by atoms with Gasteiger partial charge in [-0.1, -0.05) is 12.8 Å². The lowest BCUT2D eigenvalue weighted by Crippen LogP contribution is -2.41. The molecule has 1 aromatic heterocycles. The quantitative estimate of drug-likeness (QED) is 0.665. The third kappa shape index (κ3) is 3.75. The zero-order valence-electron chi connectivity index (χ0n) is 13.2. The van der Waals surface area contributed by atoms with Gasteiger partial charge in [0.1, 0.15) is 5.69 Å². The molecule has 0 radical (unpaired) electrons. The highest BCUT2D eigenvalue weighted by Crippen LogP contribution is 2.18. The lowest BCUT2D eigenvalue weighted by atomic mass is 10.2. The number of ether oxygens (including phenoxy) is 1. The molecule has 0 saturated heterocycles. The number of rotatable bonds is 5. The Bertz CT molecular complexity index is 585. The second-order valence-electron chi connectivity index (χ2n) is 5.82. The molecule has 0 aromatic carbocycles.